The van der Waals surface area contributed by atoms with E-state index >= 15 is 0 Å². The van der Waals surface area contributed by atoms with Crippen LogP contribution in [-0.4, -0.2) is 68.7 Å². The van der Waals surface area contributed by atoms with Crippen LogP contribution < -0.4 is 5.73 Å². The highest BCUT2D eigenvalue weighted by Crippen LogP contribution is 2.24. The fourth-order valence-corrected chi connectivity index (χ4v) is 1.82. The summed E-state index contributed by atoms with van der Waals surface area (Å²) in [7, 11) is 6.16. The lowest BCUT2D eigenvalue weighted by molar-refractivity contribution is 0.0581. The van der Waals surface area contributed by atoms with Crippen LogP contribution in [0, 0.1) is 0 Å². The van der Waals surface area contributed by atoms with Gasteiger partial charge in [0.1, 0.15) is 0 Å². The molecule has 1 fully saturated rings. The Balaban J connectivity index is 2.36. The standard InChI is InChI=1S/C13H28N4O/c1-5-18-12(8-9-16(2)3)10-15-13(14)17(4)11-6-7-11/h11-12H,5-10H2,1-4H3,(H2,14,15). The summed E-state index contributed by atoms with van der Waals surface area (Å²) in [6, 6.07) is 0.612. The van der Waals surface area contributed by atoms with Crippen LogP contribution in [0.25, 0.3) is 0 Å². The average Bonchev–Trinajstić information content (AvgIpc) is 3.15. The fraction of sp³-hybridized carbons (Fsp3) is 0.923. The summed E-state index contributed by atoms with van der Waals surface area (Å²) in [6.45, 7) is 4.42. The maximum atomic E-state index is 5.97. The van der Waals surface area contributed by atoms with Gasteiger partial charge in [0.2, 0.25) is 0 Å². The van der Waals surface area contributed by atoms with Crippen LogP contribution in [0.15, 0.2) is 4.99 Å². The lowest BCUT2D eigenvalue weighted by Crippen LogP contribution is -2.36. The van der Waals surface area contributed by atoms with E-state index in [9.17, 15) is 0 Å². The monoisotopic (exact) mass is 256 g/mol. The number of ether oxygens (including phenoxy) is 1. The van der Waals surface area contributed by atoms with Gasteiger partial charge in [-0.2, -0.15) is 0 Å². The molecule has 1 aliphatic rings. The molecule has 0 spiro atoms. The van der Waals surface area contributed by atoms with Crippen molar-refractivity contribution in [3.63, 3.8) is 0 Å². The van der Waals surface area contributed by atoms with Crippen molar-refractivity contribution >= 4 is 5.96 Å². The second-order valence-corrected chi connectivity index (χ2v) is 5.21. The summed E-state index contributed by atoms with van der Waals surface area (Å²) in [5.74, 6) is 0.645. The molecular formula is C13H28N4O. The van der Waals surface area contributed by atoms with Gasteiger partial charge in [-0.1, -0.05) is 0 Å². The van der Waals surface area contributed by atoms with E-state index in [1.54, 1.807) is 0 Å². The van der Waals surface area contributed by atoms with Crippen LogP contribution >= 0.6 is 0 Å². The molecular weight excluding hydrogens is 228 g/mol. The first kappa shape index (κ1) is 15.2. The Morgan fingerprint density at radius 3 is 2.56 bits per heavy atom. The van der Waals surface area contributed by atoms with Crippen molar-refractivity contribution < 1.29 is 4.74 Å². The van der Waals surface area contributed by atoms with Gasteiger partial charge < -0.3 is 20.3 Å². The fourth-order valence-electron chi connectivity index (χ4n) is 1.82. The van der Waals surface area contributed by atoms with Gasteiger partial charge in [-0.15, -0.1) is 0 Å². The lowest BCUT2D eigenvalue weighted by atomic mass is 10.2. The summed E-state index contributed by atoms with van der Waals surface area (Å²) in [5, 5.41) is 0. The predicted octanol–water partition coefficient (Wildman–Crippen LogP) is 0.752. The maximum absolute atomic E-state index is 5.97. The topological polar surface area (TPSA) is 54.1 Å². The molecule has 0 amide bonds. The zero-order valence-electron chi connectivity index (χ0n) is 12.2. The first-order valence-electron chi connectivity index (χ1n) is 6.83. The van der Waals surface area contributed by atoms with Crippen LogP contribution in [-0.2, 0) is 4.74 Å². The molecule has 1 unspecified atom stereocenters. The molecule has 0 radical (unpaired) electrons. The molecule has 0 heterocycles. The van der Waals surface area contributed by atoms with Crippen molar-refractivity contribution in [2.75, 3.05) is 40.8 Å². The predicted molar refractivity (Wildman–Crippen MR) is 75.9 cm³/mol. The van der Waals surface area contributed by atoms with Crippen molar-refractivity contribution in [1.29, 1.82) is 0 Å². The molecule has 0 aromatic carbocycles. The van der Waals surface area contributed by atoms with Crippen LogP contribution in [0.5, 0.6) is 0 Å². The molecule has 0 aromatic heterocycles. The number of hydrogen-bond donors (Lipinski definition) is 1. The minimum absolute atomic E-state index is 0.170. The molecule has 0 bridgehead atoms. The van der Waals surface area contributed by atoms with Crippen molar-refractivity contribution in [1.82, 2.24) is 9.80 Å². The number of aliphatic imine (C=N–C) groups is 1. The number of nitrogens with two attached hydrogens (primary N) is 1. The summed E-state index contributed by atoms with van der Waals surface area (Å²) in [4.78, 5) is 8.70. The Kier molecular flexibility index (Phi) is 6.43. The summed E-state index contributed by atoms with van der Waals surface area (Å²) in [5.41, 5.74) is 5.97. The van der Waals surface area contributed by atoms with Crippen molar-refractivity contribution in [3.8, 4) is 0 Å². The van der Waals surface area contributed by atoms with Gasteiger partial charge in [-0.3, -0.25) is 4.99 Å². The van der Waals surface area contributed by atoms with Crippen LogP contribution in [0.1, 0.15) is 26.2 Å². The SMILES string of the molecule is CCOC(CCN(C)C)CN=C(N)N(C)C1CC1. The molecule has 1 rings (SSSR count). The van der Waals surface area contributed by atoms with Gasteiger partial charge in [0.25, 0.3) is 0 Å². The first-order valence-corrected chi connectivity index (χ1v) is 6.83. The van der Waals surface area contributed by atoms with E-state index in [4.69, 9.17) is 10.5 Å². The zero-order valence-corrected chi connectivity index (χ0v) is 12.2. The average molecular weight is 256 g/mol. The number of hydrogen-bond acceptors (Lipinski definition) is 3. The largest absolute Gasteiger partial charge is 0.377 e. The number of nitrogens with zero attached hydrogens (tertiary/aromatic N) is 3. The third-order valence-electron chi connectivity index (χ3n) is 3.21. The Labute approximate surface area is 111 Å². The highest BCUT2D eigenvalue weighted by molar-refractivity contribution is 5.78. The van der Waals surface area contributed by atoms with Gasteiger partial charge in [0.05, 0.1) is 12.6 Å². The molecule has 0 aromatic rings. The lowest BCUT2D eigenvalue weighted by Gasteiger charge is -2.20. The van der Waals surface area contributed by atoms with E-state index < -0.39 is 0 Å². The second kappa shape index (κ2) is 7.59. The molecule has 5 heteroatoms. The Bertz CT molecular complexity index is 264. The molecule has 0 aliphatic heterocycles. The first-order chi connectivity index (χ1) is 8.54. The molecule has 1 atom stereocenters. The minimum atomic E-state index is 0.170. The molecule has 18 heavy (non-hydrogen) atoms. The minimum Gasteiger partial charge on any atom is -0.377 e. The number of guanidine groups is 1. The normalized spacial score (nSPS) is 18.2. The van der Waals surface area contributed by atoms with Gasteiger partial charge >= 0.3 is 0 Å². The summed E-state index contributed by atoms with van der Waals surface area (Å²) >= 11 is 0. The van der Waals surface area contributed by atoms with Gasteiger partial charge in [0.15, 0.2) is 5.96 Å². The van der Waals surface area contributed by atoms with Crippen LogP contribution in [0.2, 0.25) is 0 Å². The Hall–Kier alpha value is -0.810. The van der Waals surface area contributed by atoms with Crippen molar-refractivity contribution in [2.45, 2.75) is 38.3 Å². The Morgan fingerprint density at radius 1 is 1.39 bits per heavy atom. The van der Waals surface area contributed by atoms with Crippen molar-refractivity contribution in [3.05, 3.63) is 0 Å². The Morgan fingerprint density at radius 2 is 2.06 bits per heavy atom. The van der Waals surface area contributed by atoms with Crippen LogP contribution in [0.3, 0.4) is 0 Å². The highest BCUT2D eigenvalue weighted by atomic mass is 16.5. The van der Waals surface area contributed by atoms with Gasteiger partial charge in [-0.05, 0) is 40.3 Å². The maximum Gasteiger partial charge on any atom is 0.191 e. The zero-order chi connectivity index (χ0) is 13.5. The molecule has 5 nitrogen and oxygen atoms in total. The summed E-state index contributed by atoms with van der Waals surface area (Å²) < 4.78 is 5.69. The van der Waals surface area contributed by atoms with E-state index in [2.05, 4.69) is 28.9 Å². The second-order valence-electron chi connectivity index (χ2n) is 5.21. The van der Waals surface area contributed by atoms with Gasteiger partial charge in [-0.25, -0.2) is 0 Å². The van der Waals surface area contributed by atoms with E-state index in [0.29, 0.717) is 18.5 Å². The number of rotatable bonds is 8. The molecule has 0 saturated heterocycles. The van der Waals surface area contributed by atoms with Gasteiger partial charge in [0, 0.05) is 26.2 Å². The van der Waals surface area contributed by atoms with Crippen molar-refractivity contribution in [2.24, 2.45) is 10.7 Å². The highest BCUT2D eigenvalue weighted by Gasteiger charge is 2.27. The van der Waals surface area contributed by atoms with Crippen LogP contribution in [0.4, 0.5) is 0 Å². The molecule has 106 valence electrons. The molecule has 1 saturated carbocycles. The van der Waals surface area contributed by atoms with E-state index in [1.807, 2.05) is 14.0 Å². The van der Waals surface area contributed by atoms with E-state index in [0.717, 1.165) is 19.6 Å². The molecule has 2 N–H and O–H groups in total. The summed E-state index contributed by atoms with van der Waals surface area (Å²) in [6.07, 6.45) is 3.64. The molecule has 1 aliphatic carbocycles. The smallest absolute Gasteiger partial charge is 0.191 e. The quantitative estimate of drug-likeness (QED) is 0.514. The van der Waals surface area contributed by atoms with E-state index in [-0.39, 0.29) is 6.10 Å². The van der Waals surface area contributed by atoms with E-state index in [1.165, 1.54) is 12.8 Å². The third kappa shape index (κ3) is 5.69. The third-order valence-corrected chi connectivity index (χ3v) is 3.21.